The van der Waals surface area contributed by atoms with Crippen LogP contribution in [-0.4, -0.2) is 22.7 Å². The molecule has 0 aromatic carbocycles. The Morgan fingerprint density at radius 2 is 2.27 bits per heavy atom. The molecular formula is C6H10N2O3. The Kier molecular flexibility index (Phi) is 5.03. The van der Waals surface area contributed by atoms with Gasteiger partial charge in [0, 0.05) is 11.3 Å². The van der Waals surface area contributed by atoms with Crippen molar-refractivity contribution in [1.29, 1.82) is 5.26 Å². The van der Waals surface area contributed by atoms with Crippen molar-refractivity contribution in [2.45, 2.75) is 25.4 Å². The van der Waals surface area contributed by atoms with E-state index in [1.807, 2.05) is 0 Å². The second kappa shape index (κ2) is 5.62. The molecule has 62 valence electrons. The van der Waals surface area contributed by atoms with E-state index in [9.17, 15) is 10.1 Å². The number of nitrogens with zero attached hydrogens (tertiary/aromatic N) is 2. The summed E-state index contributed by atoms with van der Waals surface area (Å²) in [5, 5.41) is 26.6. The van der Waals surface area contributed by atoms with Crippen LogP contribution in [0.15, 0.2) is 0 Å². The number of nitriles is 1. The second-order valence-electron chi connectivity index (χ2n) is 2.20. The van der Waals surface area contributed by atoms with Gasteiger partial charge in [-0.2, -0.15) is 5.26 Å². The summed E-state index contributed by atoms with van der Waals surface area (Å²) >= 11 is 0. The van der Waals surface area contributed by atoms with Crippen molar-refractivity contribution >= 4 is 0 Å². The maximum atomic E-state index is 9.79. The van der Waals surface area contributed by atoms with Crippen LogP contribution in [0.25, 0.3) is 0 Å². The summed E-state index contributed by atoms with van der Waals surface area (Å²) in [6, 6.07) is 1.64. The highest BCUT2D eigenvalue weighted by Crippen LogP contribution is 1.99. The molecule has 0 aliphatic heterocycles. The summed E-state index contributed by atoms with van der Waals surface area (Å²) in [4.78, 5) is 9.39. The topological polar surface area (TPSA) is 87.2 Å². The van der Waals surface area contributed by atoms with Crippen molar-refractivity contribution in [3.63, 3.8) is 0 Å². The molecule has 0 spiro atoms. The summed E-state index contributed by atoms with van der Waals surface area (Å²) in [5.74, 6) is 0. The SMILES string of the molecule is N#CC(O)CCCC[N+](=O)[O-]. The molecule has 1 atom stereocenters. The molecule has 0 amide bonds. The van der Waals surface area contributed by atoms with Crippen molar-refractivity contribution < 1.29 is 10.0 Å². The van der Waals surface area contributed by atoms with Crippen molar-refractivity contribution in [1.82, 2.24) is 0 Å². The van der Waals surface area contributed by atoms with Crippen LogP contribution < -0.4 is 0 Å². The van der Waals surface area contributed by atoms with Crippen molar-refractivity contribution in [3.05, 3.63) is 10.1 Å². The first kappa shape index (κ1) is 9.85. The number of aliphatic hydroxyl groups is 1. The molecule has 0 aliphatic carbocycles. The van der Waals surface area contributed by atoms with E-state index < -0.39 is 11.0 Å². The summed E-state index contributed by atoms with van der Waals surface area (Å²) in [5.41, 5.74) is 0. The fourth-order valence-corrected chi connectivity index (χ4v) is 0.643. The number of hydrogen-bond acceptors (Lipinski definition) is 4. The van der Waals surface area contributed by atoms with E-state index in [2.05, 4.69) is 0 Å². The molecule has 0 heterocycles. The predicted octanol–water partition coefficient (Wildman–Crippen LogP) is 0.318. The van der Waals surface area contributed by atoms with Gasteiger partial charge in [-0.25, -0.2) is 0 Å². The number of rotatable bonds is 5. The van der Waals surface area contributed by atoms with Crippen LogP contribution >= 0.6 is 0 Å². The zero-order valence-corrected chi connectivity index (χ0v) is 6.06. The van der Waals surface area contributed by atoms with Crippen molar-refractivity contribution in [2.24, 2.45) is 0 Å². The summed E-state index contributed by atoms with van der Waals surface area (Å²) < 4.78 is 0. The molecule has 0 radical (unpaired) electrons. The Morgan fingerprint density at radius 3 is 2.73 bits per heavy atom. The highest BCUT2D eigenvalue weighted by atomic mass is 16.6. The van der Waals surface area contributed by atoms with E-state index in [1.54, 1.807) is 6.07 Å². The smallest absolute Gasteiger partial charge is 0.203 e. The third kappa shape index (κ3) is 6.74. The van der Waals surface area contributed by atoms with Gasteiger partial charge in [-0.15, -0.1) is 0 Å². The lowest BCUT2D eigenvalue weighted by Gasteiger charge is -1.97. The van der Waals surface area contributed by atoms with Crippen LogP contribution in [0.4, 0.5) is 0 Å². The monoisotopic (exact) mass is 158 g/mol. The van der Waals surface area contributed by atoms with Gasteiger partial charge >= 0.3 is 0 Å². The van der Waals surface area contributed by atoms with E-state index >= 15 is 0 Å². The van der Waals surface area contributed by atoms with Crippen LogP contribution in [0.2, 0.25) is 0 Å². The van der Waals surface area contributed by atoms with Crippen molar-refractivity contribution in [2.75, 3.05) is 6.54 Å². The lowest BCUT2D eigenvalue weighted by atomic mass is 10.2. The molecule has 5 nitrogen and oxygen atoms in total. The van der Waals surface area contributed by atoms with Gasteiger partial charge in [0.2, 0.25) is 6.54 Å². The highest BCUT2D eigenvalue weighted by Gasteiger charge is 2.02. The van der Waals surface area contributed by atoms with Crippen LogP contribution in [0.1, 0.15) is 19.3 Å². The molecule has 0 aromatic heterocycles. The fraction of sp³-hybridized carbons (Fsp3) is 0.833. The minimum Gasteiger partial charge on any atom is -0.378 e. The Balaban J connectivity index is 3.16. The lowest BCUT2D eigenvalue weighted by Crippen LogP contribution is -2.05. The second-order valence-corrected chi connectivity index (χ2v) is 2.20. The van der Waals surface area contributed by atoms with E-state index in [4.69, 9.17) is 10.4 Å². The number of hydrogen-bond donors (Lipinski definition) is 1. The van der Waals surface area contributed by atoms with Crippen LogP contribution in [-0.2, 0) is 0 Å². The van der Waals surface area contributed by atoms with Crippen molar-refractivity contribution in [3.8, 4) is 6.07 Å². The van der Waals surface area contributed by atoms with Gasteiger partial charge in [-0.1, -0.05) is 0 Å². The summed E-state index contributed by atoms with van der Waals surface area (Å²) in [6.45, 7) is -0.0852. The van der Waals surface area contributed by atoms with Gasteiger partial charge in [0.1, 0.15) is 6.10 Å². The molecule has 1 N–H and O–H groups in total. The van der Waals surface area contributed by atoms with Gasteiger partial charge in [-0.3, -0.25) is 10.1 Å². The first-order valence-electron chi connectivity index (χ1n) is 3.36. The Hall–Kier alpha value is -1.15. The molecule has 0 aliphatic rings. The standard InChI is InChI=1S/C6H10N2O3/c7-5-6(9)3-1-2-4-8(10)11/h6,9H,1-4H2. The van der Waals surface area contributed by atoms with E-state index in [0.29, 0.717) is 19.3 Å². The van der Waals surface area contributed by atoms with E-state index in [0.717, 1.165) is 0 Å². The third-order valence-electron chi connectivity index (χ3n) is 1.22. The number of aliphatic hydroxyl groups excluding tert-OH is 1. The summed E-state index contributed by atoms with van der Waals surface area (Å²) in [7, 11) is 0. The number of unbranched alkanes of at least 4 members (excludes halogenated alkanes) is 1. The molecule has 11 heavy (non-hydrogen) atoms. The molecule has 0 saturated heterocycles. The van der Waals surface area contributed by atoms with Gasteiger partial charge in [0.15, 0.2) is 0 Å². The Morgan fingerprint density at radius 1 is 1.64 bits per heavy atom. The maximum absolute atomic E-state index is 9.79. The first-order valence-corrected chi connectivity index (χ1v) is 3.36. The predicted molar refractivity (Wildman–Crippen MR) is 37.3 cm³/mol. The van der Waals surface area contributed by atoms with Gasteiger partial charge in [0.05, 0.1) is 6.07 Å². The Bertz CT molecular complexity index is 164. The zero-order chi connectivity index (χ0) is 8.69. The van der Waals surface area contributed by atoms with Gasteiger partial charge in [0.25, 0.3) is 0 Å². The first-order chi connectivity index (χ1) is 5.16. The lowest BCUT2D eigenvalue weighted by molar-refractivity contribution is -0.480. The van der Waals surface area contributed by atoms with E-state index in [1.165, 1.54) is 0 Å². The largest absolute Gasteiger partial charge is 0.378 e. The fourth-order valence-electron chi connectivity index (χ4n) is 0.643. The molecule has 0 saturated carbocycles. The van der Waals surface area contributed by atoms with E-state index in [-0.39, 0.29) is 6.54 Å². The minimum absolute atomic E-state index is 0.0852. The molecule has 5 heteroatoms. The van der Waals surface area contributed by atoms with Crippen LogP contribution in [0.3, 0.4) is 0 Å². The van der Waals surface area contributed by atoms with Gasteiger partial charge < -0.3 is 5.11 Å². The Labute approximate surface area is 64.4 Å². The average molecular weight is 158 g/mol. The zero-order valence-electron chi connectivity index (χ0n) is 6.06. The quantitative estimate of drug-likeness (QED) is 0.270. The molecular weight excluding hydrogens is 148 g/mol. The molecule has 1 unspecified atom stereocenters. The third-order valence-corrected chi connectivity index (χ3v) is 1.22. The number of nitro groups is 1. The normalized spacial score (nSPS) is 12.0. The van der Waals surface area contributed by atoms with Gasteiger partial charge in [-0.05, 0) is 12.8 Å². The average Bonchev–Trinajstić information content (AvgIpc) is 1.97. The van der Waals surface area contributed by atoms with Crippen LogP contribution in [0.5, 0.6) is 0 Å². The van der Waals surface area contributed by atoms with Crippen LogP contribution in [0, 0.1) is 21.4 Å². The molecule has 0 fully saturated rings. The maximum Gasteiger partial charge on any atom is 0.203 e. The molecule has 0 rings (SSSR count). The minimum atomic E-state index is -0.971. The summed E-state index contributed by atoms with van der Waals surface area (Å²) in [6.07, 6.45) is 0.299. The molecule has 0 aromatic rings. The molecule has 0 bridgehead atoms. The highest BCUT2D eigenvalue weighted by molar-refractivity contribution is 4.81.